The lowest BCUT2D eigenvalue weighted by Crippen LogP contribution is -2.43. The van der Waals surface area contributed by atoms with Crippen molar-refractivity contribution in [2.75, 3.05) is 26.7 Å². The summed E-state index contributed by atoms with van der Waals surface area (Å²) in [6, 6.07) is 7.46. The SMILES string of the molecule is CCNC(=NCc1ccc(C(=O)NC)cc1)NCC(CC)(CC)CCO.I. The third-order valence-corrected chi connectivity index (χ3v) is 4.98. The van der Waals surface area contributed by atoms with Crippen LogP contribution in [0.15, 0.2) is 29.3 Å². The number of benzene rings is 1. The third kappa shape index (κ3) is 8.47. The van der Waals surface area contributed by atoms with Crippen LogP contribution in [0.25, 0.3) is 0 Å². The minimum absolute atomic E-state index is 0. The molecule has 154 valence electrons. The highest BCUT2D eigenvalue weighted by molar-refractivity contribution is 14.0. The highest BCUT2D eigenvalue weighted by atomic mass is 127. The van der Waals surface area contributed by atoms with E-state index in [0.29, 0.717) is 12.1 Å². The predicted octanol–water partition coefficient (Wildman–Crippen LogP) is 2.91. The molecule has 0 bridgehead atoms. The molecule has 0 aliphatic carbocycles. The van der Waals surface area contributed by atoms with Crippen LogP contribution in [0.5, 0.6) is 0 Å². The van der Waals surface area contributed by atoms with Crippen molar-refractivity contribution in [2.45, 2.75) is 46.6 Å². The monoisotopic (exact) mass is 490 g/mol. The van der Waals surface area contributed by atoms with Gasteiger partial charge in [0.05, 0.1) is 6.54 Å². The molecule has 1 aromatic carbocycles. The van der Waals surface area contributed by atoms with Crippen molar-refractivity contribution in [2.24, 2.45) is 10.4 Å². The Labute approximate surface area is 180 Å². The lowest BCUT2D eigenvalue weighted by atomic mass is 9.79. The van der Waals surface area contributed by atoms with Gasteiger partial charge in [-0.3, -0.25) is 4.79 Å². The van der Waals surface area contributed by atoms with Gasteiger partial charge in [0.2, 0.25) is 0 Å². The second-order valence-corrected chi connectivity index (χ2v) is 6.51. The summed E-state index contributed by atoms with van der Waals surface area (Å²) in [5.74, 6) is 0.682. The van der Waals surface area contributed by atoms with E-state index in [9.17, 15) is 9.90 Å². The molecule has 0 radical (unpaired) electrons. The number of hydrogen-bond acceptors (Lipinski definition) is 3. The molecule has 0 saturated carbocycles. The Bertz CT molecular complexity index is 572. The zero-order chi connectivity index (χ0) is 19.4. The zero-order valence-corrected chi connectivity index (χ0v) is 19.3. The van der Waals surface area contributed by atoms with Crippen molar-refractivity contribution in [1.82, 2.24) is 16.0 Å². The van der Waals surface area contributed by atoms with Gasteiger partial charge in [-0.25, -0.2) is 4.99 Å². The summed E-state index contributed by atoms with van der Waals surface area (Å²) in [5, 5.41) is 18.7. The summed E-state index contributed by atoms with van der Waals surface area (Å²) in [5.41, 5.74) is 1.77. The van der Waals surface area contributed by atoms with E-state index < -0.39 is 0 Å². The van der Waals surface area contributed by atoms with Crippen LogP contribution in [0.4, 0.5) is 0 Å². The van der Waals surface area contributed by atoms with Crippen LogP contribution in [-0.4, -0.2) is 43.7 Å². The van der Waals surface area contributed by atoms with Gasteiger partial charge in [0.15, 0.2) is 5.96 Å². The maximum atomic E-state index is 11.6. The smallest absolute Gasteiger partial charge is 0.251 e. The molecular formula is C20H35IN4O2. The van der Waals surface area contributed by atoms with E-state index in [1.807, 2.05) is 31.2 Å². The van der Waals surface area contributed by atoms with E-state index >= 15 is 0 Å². The summed E-state index contributed by atoms with van der Waals surface area (Å²) >= 11 is 0. The highest BCUT2D eigenvalue weighted by Gasteiger charge is 2.25. The molecule has 0 heterocycles. The average molecular weight is 490 g/mol. The number of amides is 1. The van der Waals surface area contributed by atoms with Crippen molar-refractivity contribution in [3.05, 3.63) is 35.4 Å². The second-order valence-electron chi connectivity index (χ2n) is 6.51. The van der Waals surface area contributed by atoms with Crippen LogP contribution in [-0.2, 0) is 6.54 Å². The van der Waals surface area contributed by atoms with Gasteiger partial charge in [0.1, 0.15) is 0 Å². The number of aliphatic hydroxyl groups excluding tert-OH is 1. The Hall–Kier alpha value is -1.35. The van der Waals surface area contributed by atoms with Gasteiger partial charge < -0.3 is 21.1 Å². The van der Waals surface area contributed by atoms with Crippen LogP contribution in [0, 0.1) is 5.41 Å². The number of aliphatic hydroxyl groups is 1. The van der Waals surface area contributed by atoms with E-state index in [0.717, 1.165) is 43.9 Å². The van der Waals surface area contributed by atoms with E-state index in [1.54, 1.807) is 7.05 Å². The zero-order valence-electron chi connectivity index (χ0n) is 17.0. The van der Waals surface area contributed by atoms with E-state index in [2.05, 4.69) is 34.8 Å². The number of carbonyl (C=O) groups excluding carboxylic acids is 1. The lowest BCUT2D eigenvalue weighted by molar-refractivity contribution is 0.0963. The third-order valence-electron chi connectivity index (χ3n) is 4.98. The van der Waals surface area contributed by atoms with Gasteiger partial charge in [-0.1, -0.05) is 26.0 Å². The van der Waals surface area contributed by atoms with Crippen molar-refractivity contribution >= 4 is 35.8 Å². The van der Waals surface area contributed by atoms with Crippen LogP contribution < -0.4 is 16.0 Å². The number of guanidine groups is 1. The quantitative estimate of drug-likeness (QED) is 0.231. The fourth-order valence-corrected chi connectivity index (χ4v) is 2.87. The molecule has 0 fully saturated rings. The lowest BCUT2D eigenvalue weighted by Gasteiger charge is -2.32. The minimum Gasteiger partial charge on any atom is -0.396 e. The molecular weight excluding hydrogens is 455 g/mol. The fourth-order valence-electron chi connectivity index (χ4n) is 2.87. The molecule has 0 aromatic heterocycles. The topological polar surface area (TPSA) is 85.8 Å². The molecule has 6 nitrogen and oxygen atoms in total. The standard InChI is InChI=1S/C20H34N4O2.HI/c1-5-20(6-2,12-13-25)15-24-19(22-7-3)23-14-16-8-10-17(11-9-16)18(26)21-4;/h8-11,25H,5-7,12-15H2,1-4H3,(H,21,26)(H2,22,23,24);1H. The molecule has 27 heavy (non-hydrogen) atoms. The largest absolute Gasteiger partial charge is 0.396 e. The fraction of sp³-hybridized carbons (Fsp3) is 0.600. The average Bonchev–Trinajstić information content (AvgIpc) is 2.68. The summed E-state index contributed by atoms with van der Waals surface area (Å²) in [6.07, 6.45) is 2.81. The number of nitrogens with zero attached hydrogens (tertiary/aromatic N) is 1. The van der Waals surface area contributed by atoms with Crippen LogP contribution >= 0.6 is 24.0 Å². The Morgan fingerprint density at radius 2 is 1.74 bits per heavy atom. The van der Waals surface area contributed by atoms with Gasteiger partial charge in [0.25, 0.3) is 5.91 Å². The molecule has 0 atom stereocenters. The molecule has 4 N–H and O–H groups in total. The number of nitrogens with one attached hydrogen (secondary N) is 3. The van der Waals surface area contributed by atoms with E-state index in [4.69, 9.17) is 0 Å². The predicted molar refractivity (Wildman–Crippen MR) is 123 cm³/mol. The number of rotatable bonds is 10. The summed E-state index contributed by atoms with van der Waals surface area (Å²) in [4.78, 5) is 16.2. The number of hydrogen-bond donors (Lipinski definition) is 4. The van der Waals surface area contributed by atoms with E-state index in [1.165, 1.54) is 0 Å². The van der Waals surface area contributed by atoms with Gasteiger partial charge >= 0.3 is 0 Å². The van der Waals surface area contributed by atoms with Crippen molar-refractivity contribution < 1.29 is 9.90 Å². The number of halogens is 1. The van der Waals surface area contributed by atoms with Gasteiger partial charge in [-0.05, 0) is 49.3 Å². The second kappa shape index (κ2) is 13.8. The van der Waals surface area contributed by atoms with Crippen molar-refractivity contribution in [1.29, 1.82) is 0 Å². The van der Waals surface area contributed by atoms with E-state index in [-0.39, 0.29) is 41.9 Å². The Morgan fingerprint density at radius 3 is 2.22 bits per heavy atom. The highest BCUT2D eigenvalue weighted by Crippen LogP contribution is 2.29. The van der Waals surface area contributed by atoms with Crippen molar-refractivity contribution in [3.8, 4) is 0 Å². The molecule has 1 amide bonds. The number of aliphatic imine (C=N–C) groups is 1. The molecule has 0 unspecified atom stereocenters. The Balaban J connectivity index is 0.00000676. The first kappa shape index (κ1) is 25.6. The Morgan fingerprint density at radius 1 is 1.11 bits per heavy atom. The molecule has 0 spiro atoms. The first-order chi connectivity index (χ1) is 12.5. The normalized spacial score (nSPS) is 11.5. The summed E-state index contributed by atoms with van der Waals surface area (Å²) < 4.78 is 0. The van der Waals surface area contributed by atoms with Crippen molar-refractivity contribution in [3.63, 3.8) is 0 Å². The number of carbonyl (C=O) groups is 1. The van der Waals surface area contributed by atoms with Gasteiger partial charge in [-0.15, -0.1) is 24.0 Å². The van der Waals surface area contributed by atoms with Crippen LogP contribution in [0.1, 0.15) is 56.0 Å². The van der Waals surface area contributed by atoms with Crippen LogP contribution in [0.2, 0.25) is 0 Å². The summed E-state index contributed by atoms with van der Waals surface area (Å²) in [6.45, 7) is 8.67. The van der Waals surface area contributed by atoms with Gasteiger partial charge in [0, 0.05) is 32.3 Å². The first-order valence-electron chi connectivity index (χ1n) is 9.48. The Kier molecular flexibility index (Phi) is 13.1. The molecule has 0 aliphatic heterocycles. The maximum Gasteiger partial charge on any atom is 0.251 e. The summed E-state index contributed by atoms with van der Waals surface area (Å²) in [7, 11) is 1.62. The minimum atomic E-state index is -0.0885. The molecule has 1 aromatic rings. The van der Waals surface area contributed by atoms with Gasteiger partial charge in [-0.2, -0.15) is 0 Å². The van der Waals surface area contributed by atoms with Crippen LogP contribution in [0.3, 0.4) is 0 Å². The maximum absolute atomic E-state index is 11.6. The first-order valence-corrected chi connectivity index (χ1v) is 9.48. The molecule has 7 heteroatoms. The molecule has 0 aliphatic rings. The molecule has 0 saturated heterocycles. The molecule has 1 rings (SSSR count).